The van der Waals surface area contributed by atoms with Crippen molar-refractivity contribution in [2.24, 2.45) is 16.5 Å². The molecule has 1 unspecified atom stereocenters. The quantitative estimate of drug-likeness (QED) is 0.507. The van der Waals surface area contributed by atoms with Crippen molar-refractivity contribution in [3.8, 4) is 5.75 Å². The number of guanidine groups is 1. The Morgan fingerprint density at radius 1 is 1.50 bits per heavy atom. The average molecular weight is 191 g/mol. The molecule has 0 amide bonds. The molecule has 1 atom stereocenters. The van der Waals surface area contributed by atoms with Gasteiger partial charge in [-0.15, -0.1) is 0 Å². The van der Waals surface area contributed by atoms with Crippen LogP contribution in [0.5, 0.6) is 5.75 Å². The van der Waals surface area contributed by atoms with Crippen LogP contribution in [-0.2, 0) is 0 Å². The van der Waals surface area contributed by atoms with E-state index in [4.69, 9.17) is 16.2 Å². The van der Waals surface area contributed by atoms with Crippen LogP contribution in [0.1, 0.15) is 17.2 Å². The summed E-state index contributed by atoms with van der Waals surface area (Å²) in [6, 6.07) is 5.94. The lowest BCUT2D eigenvalue weighted by Gasteiger charge is -2.03. The zero-order chi connectivity index (χ0) is 10.1. The molecule has 74 valence electrons. The molecular weight excluding hydrogens is 178 g/mol. The highest BCUT2D eigenvalue weighted by molar-refractivity contribution is 5.76. The summed E-state index contributed by atoms with van der Waals surface area (Å²) in [4.78, 5) is 4.11. The van der Waals surface area contributed by atoms with Gasteiger partial charge in [-0.25, -0.2) is 4.99 Å². The summed E-state index contributed by atoms with van der Waals surface area (Å²) in [6.45, 7) is 2.54. The Balaban J connectivity index is 2.40. The summed E-state index contributed by atoms with van der Waals surface area (Å²) >= 11 is 0. The minimum absolute atomic E-state index is 0.0464. The molecule has 0 fully saturated rings. The third kappa shape index (κ3) is 1.39. The number of nitrogens with zero attached hydrogens (tertiary/aromatic N) is 1. The number of aliphatic imine (C=N–C) groups is 1. The van der Waals surface area contributed by atoms with Gasteiger partial charge in [-0.3, -0.25) is 0 Å². The number of rotatable bonds is 1. The van der Waals surface area contributed by atoms with E-state index in [1.165, 1.54) is 0 Å². The summed E-state index contributed by atoms with van der Waals surface area (Å²) in [5.74, 6) is 1.02. The summed E-state index contributed by atoms with van der Waals surface area (Å²) in [5.41, 5.74) is 12.9. The third-order valence-corrected chi connectivity index (χ3v) is 2.29. The lowest BCUT2D eigenvalue weighted by Crippen LogP contribution is -2.24. The SMILES string of the molecule is Cc1cccc2c1OCC2N=C(N)N. The van der Waals surface area contributed by atoms with Gasteiger partial charge in [0.2, 0.25) is 0 Å². The molecule has 0 bridgehead atoms. The van der Waals surface area contributed by atoms with Gasteiger partial charge in [0, 0.05) is 5.56 Å². The van der Waals surface area contributed by atoms with E-state index >= 15 is 0 Å². The highest BCUT2D eigenvalue weighted by atomic mass is 16.5. The van der Waals surface area contributed by atoms with Crippen LogP contribution in [0.4, 0.5) is 0 Å². The first-order valence-electron chi connectivity index (χ1n) is 4.49. The predicted octanol–water partition coefficient (Wildman–Crippen LogP) is 0.702. The van der Waals surface area contributed by atoms with E-state index in [9.17, 15) is 0 Å². The van der Waals surface area contributed by atoms with Crippen molar-refractivity contribution in [2.45, 2.75) is 13.0 Å². The molecule has 4 nitrogen and oxygen atoms in total. The monoisotopic (exact) mass is 191 g/mol. The lowest BCUT2D eigenvalue weighted by atomic mass is 10.1. The Bertz CT molecular complexity index is 383. The molecule has 1 aliphatic rings. The van der Waals surface area contributed by atoms with Gasteiger partial charge in [-0.1, -0.05) is 18.2 Å². The van der Waals surface area contributed by atoms with E-state index in [-0.39, 0.29) is 12.0 Å². The van der Waals surface area contributed by atoms with Crippen LogP contribution < -0.4 is 16.2 Å². The number of fused-ring (bicyclic) bond motifs is 1. The molecule has 14 heavy (non-hydrogen) atoms. The number of ether oxygens (including phenoxy) is 1. The first-order valence-corrected chi connectivity index (χ1v) is 4.49. The number of hydrogen-bond donors (Lipinski definition) is 2. The van der Waals surface area contributed by atoms with E-state index in [0.717, 1.165) is 16.9 Å². The molecule has 0 saturated heterocycles. The molecule has 1 aromatic carbocycles. The fourth-order valence-corrected chi connectivity index (χ4v) is 1.67. The molecule has 0 spiro atoms. The standard InChI is InChI=1S/C10H13N3O/c1-6-3-2-4-7-8(13-10(11)12)5-14-9(6)7/h2-4,8H,5H2,1H3,(H4,11,12,13). The Morgan fingerprint density at radius 3 is 3.00 bits per heavy atom. The minimum Gasteiger partial charge on any atom is -0.490 e. The van der Waals surface area contributed by atoms with E-state index in [1.807, 2.05) is 25.1 Å². The maximum atomic E-state index is 5.52. The highest BCUT2D eigenvalue weighted by Gasteiger charge is 2.24. The molecule has 0 aromatic heterocycles. The molecule has 1 heterocycles. The van der Waals surface area contributed by atoms with Crippen LogP contribution in [0.2, 0.25) is 0 Å². The van der Waals surface area contributed by atoms with Crippen LogP contribution in [0.15, 0.2) is 23.2 Å². The average Bonchev–Trinajstić information content (AvgIpc) is 2.49. The smallest absolute Gasteiger partial charge is 0.186 e. The highest BCUT2D eigenvalue weighted by Crippen LogP contribution is 2.36. The zero-order valence-corrected chi connectivity index (χ0v) is 8.03. The zero-order valence-electron chi connectivity index (χ0n) is 8.03. The first kappa shape index (κ1) is 8.87. The van der Waals surface area contributed by atoms with Gasteiger partial charge in [0.05, 0.1) is 0 Å². The van der Waals surface area contributed by atoms with Gasteiger partial charge in [0.25, 0.3) is 0 Å². The molecule has 0 radical (unpaired) electrons. The predicted molar refractivity (Wildman–Crippen MR) is 55.2 cm³/mol. The maximum absolute atomic E-state index is 5.52. The second-order valence-corrected chi connectivity index (χ2v) is 3.37. The van der Waals surface area contributed by atoms with Gasteiger partial charge in [0.15, 0.2) is 5.96 Å². The Labute approximate surface area is 82.6 Å². The maximum Gasteiger partial charge on any atom is 0.186 e. The minimum atomic E-state index is -0.0464. The fraction of sp³-hybridized carbons (Fsp3) is 0.300. The van der Waals surface area contributed by atoms with Gasteiger partial charge >= 0.3 is 0 Å². The van der Waals surface area contributed by atoms with Crippen LogP contribution in [0, 0.1) is 6.92 Å². The first-order chi connectivity index (χ1) is 6.68. The Morgan fingerprint density at radius 2 is 2.29 bits per heavy atom. The van der Waals surface area contributed by atoms with E-state index in [2.05, 4.69) is 4.99 Å². The number of hydrogen-bond acceptors (Lipinski definition) is 2. The Kier molecular flexibility index (Phi) is 2.04. The fourth-order valence-electron chi connectivity index (χ4n) is 1.67. The molecule has 4 N–H and O–H groups in total. The van der Waals surface area contributed by atoms with Crippen molar-refractivity contribution >= 4 is 5.96 Å². The van der Waals surface area contributed by atoms with Crippen molar-refractivity contribution in [2.75, 3.05) is 6.61 Å². The van der Waals surface area contributed by atoms with Crippen molar-refractivity contribution in [3.63, 3.8) is 0 Å². The molecule has 0 saturated carbocycles. The third-order valence-electron chi connectivity index (χ3n) is 2.29. The lowest BCUT2D eigenvalue weighted by molar-refractivity contribution is 0.332. The van der Waals surface area contributed by atoms with Crippen molar-refractivity contribution in [1.82, 2.24) is 0 Å². The number of benzene rings is 1. The van der Waals surface area contributed by atoms with Crippen molar-refractivity contribution < 1.29 is 4.74 Å². The van der Waals surface area contributed by atoms with Gasteiger partial charge in [0.1, 0.15) is 18.4 Å². The molecule has 4 heteroatoms. The molecule has 1 aromatic rings. The van der Waals surface area contributed by atoms with Crippen LogP contribution in [-0.4, -0.2) is 12.6 Å². The van der Waals surface area contributed by atoms with Crippen LogP contribution in [0.3, 0.4) is 0 Å². The second kappa shape index (κ2) is 3.21. The Hall–Kier alpha value is -1.71. The second-order valence-electron chi connectivity index (χ2n) is 3.37. The number of para-hydroxylation sites is 1. The summed E-state index contributed by atoms with van der Waals surface area (Å²) in [5, 5.41) is 0. The number of nitrogens with two attached hydrogens (primary N) is 2. The van der Waals surface area contributed by atoms with E-state index < -0.39 is 0 Å². The van der Waals surface area contributed by atoms with Gasteiger partial charge in [-0.05, 0) is 12.5 Å². The molecule has 2 rings (SSSR count). The van der Waals surface area contributed by atoms with Crippen molar-refractivity contribution in [1.29, 1.82) is 0 Å². The summed E-state index contributed by atoms with van der Waals surface area (Å²) in [7, 11) is 0. The van der Waals surface area contributed by atoms with Crippen LogP contribution in [0.25, 0.3) is 0 Å². The molecule has 1 aliphatic heterocycles. The van der Waals surface area contributed by atoms with E-state index in [1.54, 1.807) is 0 Å². The number of aryl methyl sites for hydroxylation is 1. The molecular formula is C10H13N3O. The largest absolute Gasteiger partial charge is 0.490 e. The van der Waals surface area contributed by atoms with Crippen LogP contribution >= 0.6 is 0 Å². The molecule has 0 aliphatic carbocycles. The van der Waals surface area contributed by atoms with E-state index in [0.29, 0.717) is 6.61 Å². The van der Waals surface area contributed by atoms with Crippen molar-refractivity contribution in [3.05, 3.63) is 29.3 Å². The van der Waals surface area contributed by atoms with Gasteiger partial charge < -0.3 is 16.2 Å². The van der Waals surface area contributed by atoms with Gasteiger partial charge in [-0.2, -0.15) is 0 Å². The topological polar surface area (TPSA) is 73.6 Å². The normalized spacial score (nSPS) is 18.5. The summed E-state index contributed by atoms with van der Waals surface area (Å²) in [6.07, 6.45) is 0. The summed E-state index contributed by atoms with van der Waals surface area (Å²) < 4.78 is 5.52.